The Morgan fingerprint density at radius 3 is 2.07 bits per heavy atom. The van der Waals surface area contributed by atoms with Crippen molar-refractivity contribution in [3.8, 4) is 5.75 Å². The van der Waals surface area contributed by atoms with Crippen molar-refractivity contribution in [3.05, 3.63) is 144 Å². The van der Waals surface area contributed by atoms with Crippen molar-refractivity contribution in [1.29, 1.82) is 0 Å². The largest absolute Gasteiger partial charge is 0.492 e. The molecule has 0 aliphatic rings. The molecule has 6 rings (SSSR count). The molecule has 6 aromatic rings. The lowest BCUT2D eigenvalue weighted by Gasteiger charge is -2.17. The van der Waals surface area contributed by atoms with Crippen LogP contribution in [0.5, 0.6) is 5.75 Å². The number of aromatic nitrogens is 1. The van der Waals surface area contributed by atoms with Gasteiger partial charge < -0.3 is 19.4 Å². The fourth-order valence-electron chi connectivity index (χ4n) is 5.37. The summed E-state index contributed by atoms with van der Waals surface area (Å²) in [4.78, 5) is 25.1. The number of aldehydes is 1. The molecule has 0 aliphatic heterocycles. The zero-order valence-corrected chi connectivity index (χ0v) is 22.9. The Bertz CT molecular complexity index is 1810. The number of benzene rings is 5. The molecule has 42 heavy (non-hydrogen) atoms. The monoisotopic (exact) mass is 556 g/mol. The summed E-state index contributed by atoms with van der Waals surface area (Å²) in [6.07, 6.45) is 1.28. The lowest BCUT2D eigenvalue weighted by molar-refractivity contribution is -0.108. The maximum absolute atomic E-state index is 13.3. The van der Waals surface area contributed by atoms with Crippen LogP contribution in [0.2, 0.25) is 0 Å². The maximum Gasteiger partial charge on any atom is 0.195 e. The van der Waals surface area contributed by atoms with Crippen molar-refractivity contribution in [2.75, 3.05) is 11.9 Å². The van der Waals surface area contributed by atoms with Crippen LogP contribution in [-0.4, -0.2) is 29.3 Å². The fraction of sp³-hybridized carbons (Fsp3) is 0.111. The van der Waals surface area contributed by atoms with E-state index in [1.54, 1.807) is 24.3 Å². The highest BCUT2D eigenvalue weighted by Gasteiger charge is 2.17. The molecule has 5 nitrogen and oxygen atoms in total. The number of anilines is 1. The Balaban J connectivity index is 1.09. The van der Waals surface area contributed by atoms with Crippen LogP contribution in [0.4, 0.5) is 10.1 Å². The van der Waals surface area contributed by atoms with E-state index >= 15 is 0 Å². The third-order valence-electron chi connectivity index (χ3n) is 7.43. The Hall–Kier alpha value is -5.23. The molecule has 6 heteroatoms. The molecular weight excluding hydrogens is 527 g/mol. The van der Waals surface area contributed by atoms with Gasteiger partial charge >= 0.3 is 0 Å². The van der Waals surface area contributed by atoms with Gasteiger partial charge in [0.05, 0.1) is 12.6 Å². The van der Waals surface area contributed by atoms with E-state index in [0.717, 1.165) is 17.6 Å². The summed E-state index contributed by atoms with van der Waals surface area (Å²) < 4.78 is 21.7. The number of ketones is 1. The number of hydrogen-bond donors (Lipinski definition) is 1. The van der Waals surface area contributed by atoms with Gasteiger partial charge in [0, 0.05) is 38.6 Å². The Morgan fingerprint density at radius 2 is 1.40 bits per heavy atom. The lowest BCUT2D eigenvalue weighted by atomic mass is 10.0. The lowest BCUT2D eigenvalue weighted by Crippen LogP contribution is -2.25. The number of rotatable bonds is 11. The first kappa shape index (κ1) is 27.0. The van der Waals surface area contributed by atoms with Gasteiger partial charge in [-0.2, -0.15) is 0 Å². The highest BCUT2D eigenvalue weighted by molar-refractivity contribution is 6.12. The molecular formula is C36H29FN2O3. The summed E-state index contributed by atoms with van der Waals surface area (Å²) >= 11 is 0. The molecule has 0 saturated heterocycles. The Labute approximate surface area is 243 Å². The second-order valence-corrected chi connectivity index (χ2v) is 10.2. The Kier molecular flexibility index (Phi) is 7.77. The van der Waals surface area contributed by atoms with Gasteiger partial charge in [-0.3, -0.25) is 4.79 Å². The minimum Gasteiger partial charge on any atom is -0.492 e. The molecule has 0 saturated carbocycles. The van der Waals surface area contributed by atoms with Crippen molar-refractivity contribution in [1.82, 2.24) is 4.57 Å². The van der Waals surface area contributed by atoms with E-state index in [-0.39, 0.29) is 5.78 Å². The molecule has 1 unspecified atom stereocenters. The van der Waals surface area contributed by atoms with Crippen molar-refractivity contribution in [2.45, 2.75) is 19.0 Å². The van der Waals surface area contributed by atoms with Gasteiger partial charge in [0.1, 0.15) is 24.5 Å². The molecule has 208 valence electrons. The van der Waals surface area contributed by atoms with Crippen molar-refractivity contribution in [3.63, 3.8) is 0 Å². The van der Waals surface area contributed by atoms with Crippen molar-refractivity contribution in [2.24, 2.45) is 0 Å². The molecule has 1 N–H and O–H groups in total. The number of carbonyl (C=O) groups is 2. The molecule has 0 radical (unpaired) electrons. The molecule has 0 bridgehead atoms. The molecule has 1 atom stereocenters. The first-order valence-corrected chi connectivity index (χ1v) is 13.9. The van der Waals surface area contributed by atoms with Gasteiger partial charge in [0.15, 0.2) is 5.78 Å². The van der Waals surface area contributed by atoms with Gasteiger partial charge in [-0.1, -0.05) is 60.7 Å². The second-order valence-electron chi connectivity index (χ2n) is 10.2. The summed E-state index contributed by atoms with van der Waals surface area (Å²) in [6, 6.07) is 36.4. The van der Waals surface area contributed by atoms with E-state index in [2.05, 4.69) is 58.4 Å². The highest BCUT2D eigenvalue weighted by atomic mass is 19.1. The molecule has 0 aliphatic carbocycles. The second kappa shape index (κ2) is 12.1. The predicted molar refractivity (Wildman–Crippen MR) is 165 cm³/mol. The molecule has 0 fully saturated rings. The fourth-order valence-corrected chi connectivity index (χ4v) is 5.37. The van der Waals surface area contributed by atoms with E-state index < -0.39 is 11.9 Å². The average Bonchev–Trinajstić information content (AvgIpc) is 3.35. The standard InChI is InChI=1S/C36H29FN2O3/c37-27-17-15-26(16-18-27)36(41)32-9-1-4-10-33(32)38-28(24-40)23-25-13-19-29(20-14-25)42-22-21-39-34-11-5-2-7-30(34)31-8-3-6-12-35(31)39/h1-20,24,28,38H,21-23H2. The van der Waals surface area contributed by atoms with Crippen LogP contribution in [-0.2, 0) is 17.8 Å². The summed E-state index contributed by atoms with van der Waals surface area (Å²) in [5, 5.41) is 5.67. The minimum atomic E-state index is -0.547. The van der Waals surface area contributed by atoms with Crippen LogP contribution >= 0.6 is 0 Å². The molecule has 1 heterocycles. The SMILES string of the molecule is O=CC(Cc1ccc(OCCn2c3ccccc3c3ccccc32)cc1)Nc1ccccc1C(=O)c1ccc(F)cc1. The molecule has 0 amide bonds. The number of hydrogen-bond acceptors (Lipinski definition) is 4. The number of para-hydroxylation sites is 3. The predicted octanol–water partition coefficient (Wildman–Crippen LogP) is 7.47. The smallest absolute Gasteiger partial charge is 0.195 e. The van der Waals surface area contributed by atoms with E-state index in [4.69, 9.17) is 4.74 Å². The van der Waals surface area contributed by atoms with Crippen LogP contribution in [0.15, 0.2) is 121 Å². The van der Waals surface area contributed by atoms with Gasteiger partial charge in [-0.25, -0.2) is 4.39 Å². The quantitative estimate of drug-likeness (QED) is 0.133. The normalized spacial score (nSPS) is 11.8. The summed E-state index contributed by atoms with van der Waals surface area (Å²) in [7, 11) is 0. The van der Waals surface area contributed by atoms with Crippen LogP contribution in [0.1, 0.15) is 21.5 Å². The van der Waals surface area contributed by atoms with Gasteiger partial charge in [-0.15, -0.1) is 0 Å². The van der Waals surface area contributed by atoms with E-state index in [9.17, 15) is 14.0 Å². The molecule has 1 aromatic heterocycles. The summed E-state index contributed by atoms with van der Waals surface area (Å²) in [5.41, 5.74) is 4.67. The van der Waals surface area contributed by atoms with E-state index in [1.165, 1.54) is 46.1 Å². The molecule has 0 spiro atoms. The number of fused-ring (bicyclic) bond motifs is 3. The van der Waals surface area contributed by atoms with Gasteiger partial charge in [0.25, 0.3) is 0 Å². The first-order chi connectivity index (χ1) is 20.6. The van der Waals surface area contributed by atoms with Crippen LogP contribution in [0, 0.1) is 5.82 Å². The third kappa shape index (κ3) is 5.65. The minimum absolute atomic E-state index is 0.245. The number of nitrogens with zero attached hydrogens (tertiary/aromatic N) is 1. The van der Waals surface area contributed by atoms with Gasteiger partial charge in [-0.05, 0) is 72.6 Å². The average molecular weight is 557 g/mol. The Morgan fingerprint density at radius 1 is 0.786 bits per heavy atom. The third-order valence-corrected chi connectivity index (χ3v) is 7.43. The van der Waals surface area contributed by atoms with Crippen molar-refractivity contribution < 1.29 is 18.7 Å². The van der Waals surface area contributed by atoms with Gasteiger partial charge in [0.2, 0.25) is 0 Å². The summed E-state index contributed by atoms with van der Waals surface area (Å²) in [5.74, 6) is 0.106. The topological polar surface area (TPSA) is 60.3 Å². The van der Waals surface area contributed by atoms with Crippen molar-refractivity contribution >= 4 is 39.6 Å². The van der Waals surface area contributed by atoms with E-state index in [0.29, 0.717) is 36.4 Å². The van der Waals surface area contributed by atoms with Crippen LogP contribution < -0.4 is 10.1 Å². The number of nitrogens with one attached hydrogen (secondary N) is 1. The molecule has 5 aromatic carbocycles. The zero-order valence-electron chi connectivity index (χ0n) is 22.9. The van der Waals surface area contributed by atoms with Crippen LogP contribution in [0.3, 0.4) is 0 Å². The van der Waals surface area contributed by atoms with Crippen LogP contribution in [0.25, 0.3) is 21.8 Å². The van der Waals surface area contributed by atoms with E-state index in [1.807, 2.05) is 24.3 Å². The summed E-state index contributed by atoms with van der Waals surface area (Å²) in [6.45, 7) is 1.22. The zero-order chi connectivity index (χ0) is 28.9. The first-order valence-electron chi connectivity index (χ1n) is 13.9. The number of carbonyl (C=O) groups excluding carboxylic acids is 2. The number of halogens is 1. The highest BCUT2D eigenvalue weighted by Crippen LogP contribution is 2.29. The maximum atomic E-state index is 13.3. The number of ether oxygens (including phenoxy) is 1.